The molecule has 0 aromatic carbocycles. The van der Waals surface area contributed by atoms with Crippen molar-refractivity contribution in [1.29, 1.82) is 0 Å². The molecule has 7 nitrogen and oxygen atoms in total. The standard InChI is InChI=1S/C22H27N5O2S/c1-15-10-16(2)13-26(12-15)21(28)17(3)30-22-25-24-20(18-6-4-8-23-11-18)27(22)14-19-7-5-9-29-19/h4-9,11,15-17H,10,12-14H2,1-3H3. The van der Waals surface area contributed by atoms with E-state index >= 15 is 0 Å². The number of amides is 1. The first kappa shape index (κ1) is 20.7. The number of thioether (sulfide) groups is 1. The molecule has 0 bridgehead atoms. The van der Waals surface area contributed by atoms with Gasteiger partial charge in [0.05, 0.1) is 18.1 Å². The number of furan rings is 1. The maximum absolute atomic E-state index is 13.1. The molecule has 0 spiro atoms. The second-order valence-electron chi connectivity index (χ2n) is 8.16. The summed E-state index contributed by atoms with van der Waals surface area (Å²) >= 11 is 1.45. The van der Waals surface area contributed by atoms with E-state index in [0.717, 1.165) is 24.4 Å². The lowest BCUT2D eigenvalue weighted by Crippen LogP contribution is -2.45. The fraction of sp³-hybridized carbons (Fsp3) is 0.455. The molecule has 4 heterocycles. The van der Waals surface area contributed by atoms with Crippen molar-refractivity contribution in [2.24, 2.45) is 11.8 Å². The number of nitrogens with zero attached hydrogens (tertiary/aromatic N) is 5. The molecule has 3 aromatic rings. The van der Waals surface area contributed by atoms with Gasteiger partial charge in [-0.2, -0.15) is 0 Å². The predicted octanol–water partition coefficient (Wildman–Crippen LogP) is 3.97. The average molecular weight is 426 g/mol. The summed E-state index contributed by atoms with van der Waals surface area (Å²) in [5, 5.41) is 9.26. The smallest absolute Gasteiger partial charge is 0.235 e. The summed E-state index contributed by atoms with van der Waals surface area (Å²) < 4.78 is 7.54. The minimum absolute atomic E-state index is 0.161. The van der Waals surface area contributed by atoms with Crippen molar-refractivity contribution in [3.8, 4) is 11.4 Å². The third-order valence-electron chi connectivity index (χ3n) is 5.34. The topological polar surface area (TPSA) is 77.1 Å². The lowest BCUT2D eigenvalue weighted by Gasteiger charge is -2.36. The first-order valence-electron chi connectivity index (χ1n) is 10.3. The number of carbonyl (C=O) groups is 1. The number of pyridine rings is 1. The van der Waals surface area contributed by atoms with Crippen LogP contribution in [0.5, 0.6) is 0 Å². The molecule has 3 atom stereocenters. The summed E-state index contributed by atoms with van der Waals surface area (Å²) in [6.45, 7) is 8.53. The SMILES string of the molecule is CC1CC(C)CN(C(=O)C(C)Sc2nnc(-c3cccnc3)n2Cc2ccco2)C1. The molecule has 1 fully saturated rings. The zero-order valence-electron chi connectivity index (χ0n) is 17.6. The van der Waals surface area contributed by atoms with E-state index in [0.29, 0.717) is 29.4 Å². The van der Waals surface area contributed by atoms with E-state index in [1.807, 2.05) is 40.7 Å². The summed E-state index contributed by atoms with van der Waals surface area (Å²) in [7, 11) is 0. The van der Waals surface area contributed by atoms with Gasteiger partial charge in [0.2, 0.25) is 5.91 Å². The van der Waals surface area contributed by atoms with Crippen LogP contribution in [0.25, 0.3) is 11.4 Å². The number of rotatable bonds is 6. The normalized spacial score (nSPS) is 20.3. The Morgan fingerprint density at radius 2 is 2.03 bits per heavy atom. The summed E-state index contributed by atoms with van der Waals surface area (Å²) in [5.74, 6) is 2.75. The fourth-order valence-corrected chi connectivity index (χ4v) is 5.03. The summed E-state index contributed by atoms with van der Waals surface area (Å²) in [6.07, 6.45) is 6.33. The average Bonchev–Trinajstić information content (AvgIpc) is 3.38. The summed E-state index contributed by atoms with van der Waals surface area (Å²) in [5.41, 5.74) is 0.876. The van der Waals surface area contributed by atoms with E-state index in [1.165, 1.54) is 18.2 Å². The van der Waals surface area contributed by atoms with Gasteiger partial charge in [-0.25, -0.2) is 0 Å². The number of hydrogen-bond acceptors (Lipinski definition) is 6. The van der Waals surface area contributed by atoms with Gasteiger partial charge < -0.3 is 9.32 Å². The second kappa shape index (κ2) is 9.04. The molecule has 0 aliphatic carbocycles. The third kappa shape index (κ3) is 4.59. The van der Waals surface area contributed by atoms with Crippen LogP contribution in [-0.2, 0) is 11.3 Å². The van der Waals surface area contributed by atoms with Crippen LogP contribution in [-0.4, -0.2) is 48.9 Å². The summed E-state index contributed by atoms with van der Waals surface area (Å²) in [4.78, 5) is 19.3. The highest BCUT2D eigenvalue weighted by Crippen LogP contribution is 2.30. The Bertz CT molecular complexity index is 963. The molecule has 4 rings (SSSR count). The van der Waals surface area contributed by atoms with Crippen LogP contribution < -0.4 is 0 Å². The molecule has 158 valence electrons. The van der Waals surface area contributed by atoms with Gasteiger partial charge in [0, 0.05) is 31.0 Å². The number of carbonyl (C=O) groups excluding carboxylic acids is 1. The Balaban J connectivity index is 1.57. The van der Waals surface area contributed by atoms with Crippen LogP contribution in [0.2, 0.25) is 0 Å². The van der Waals surface area contributed by atoms with Gasteiger partial charge in [0.1, 0.15) is 5.76 Å². The van der Waals surface area contributed by atoms with Crippen LogP contribution in [0, 0.1) is 11.8 Å². The molecule has 1 saturated heterocycles. The van der Waals surface area contributed by atoms with Gasteiger partial charge in [-0.05, 0) is 49.4 Å². The Morgan fingerprint density at radius 3 is 2.70 bits per heavy atom. The zero-order valence-corrected chi connectivity index (χ0v) is 18.4. The first-order valence-corrected chi connectivity index (χ1v) is 11.2. The highest BCUT2D eigenvalue weighted by Gasteiger charge is 2.30. The van der Waals surface area contributed by atoms with Crippen LogP contribution in [0.4, 0.5) is 0 Å². The van der Waals surface area contributed by atoms with Gasteiger partial charge in [-0.15, -0.1) is 10.2 Å². The van der Waals surface area contributed by atoms with E-state index < -0.39 is 0 Å². The van der Waals surface area contributed by atoms with Crippen LogP contribution in [0.3, 0.4) is 0 Å². The molecule has 1 aliphatic heterocycles. The van der Waals surface area contributed by atoms with Crippen molar-refractivity contribution in [3.05, 3.63) is 48.7 Å². The number of piperidine rings is 1. The lowest BCUT2D eigenvalue weighted by atomic mass is 9.92. The monoisotopic (exact) mass is 425 g/mol. The largest absolute Gasteiger partial charge is 0.467 e. The molecule has 1 amide bonds. The fourth-order valence-electron chi connectivity index (χ4n) is 4.09. The molecule has 0 radical (unpaired) electrons. The quantitative estimate of drug-likeness (QED) is 0.556. The van der Waals surface area contributed by atoms with E-state index in [9.17, 15) is 4.79 Å². The van der Waals surface area contributed by atoms with Gasteiger partial charge in [-0.3, -0.25) is 14.3 Å². The Morgan fingerprint density at radius 1 is 1.23 bits per heavy atom. The molecule has 30 heavy (non-hydrogen) atoms. The molecule has 0 saturated carbocycles. The molecule has 3 unspecified atom stereocenters. The maximum Gasteiger partial charge on any atom is 0.235 e. The van der Waals surface area contributed by atoms with Crippen molar-refractivity contribution in [1.82, 2.24) is 24.6 Å². The minimum atomic E-state index is -0.246. The Labute approximate surface area is 180 Å². The Kier molecular flexibility index (Phi) is 6.22. The molecule has 1 aliphatic rings. The molecule has 3 aromatic heterocycles. The van der Waals surface area contributed by atoms with Crippen molar-refractivity contribution in [2.75, 3.05) is 13.1 Å². The molecule has 0 N–H and O–H groups in total. The van der Waals surface area contributed by atoms with Gasteiger partial charge in [0.25, 0.3) is 0 Å². The van der Waals surface area contributed by atoms with E-state index in [4.69, 9.17) is 4.42 Å². The highest BCUT2D eigenvalue weighted by molar-refractivity contribution is 8.00. The second-order valence-corrected chi connectivity index (χ2v) is 9.47. The lowest BCUT2D eigenvalue weighted by molar-refractivity contribution is -0.132. The van der Waals surface area contributed by atoms with E-state index in [1.54, 1.807) is 18.7 Å². The minimum Gasteiger partial charge on any atom is -0.467 e. The van der Waals surface area contributed by atoms with Crippen LogP contribution in [0.15, 0.2) is 52.5 Å². The number of hydrogen-bond donors (Lipinski definition) is 0. The molecule has 8 heteroatoms. The highest BCUT2D eigenvalue weighted by atomic mass is 32.2. The Hall–Kier alpha value is -2.61. The zero-order chi connectivity index (χ0) is 21.1. The third-order valence-corrected chi connectivity index (χ3v) is 6.41. The maximum atomic E-state index is 13.1. The summed E-state index contributed by atoms with van der Waals surface area (Å²) in [6, 6.07) is 7.61. The van der Waals surface area contributed by atoms with E-state index in [2.05, 4.69) is 29.0 Å². The van der Waals surface area contributed by atoms with E-state index in [-0.39, 0.29) is 11.2 Å². The van der Waals surface area contributed by atoms with Crippen molar-refractivity contribution in [2.45, 2.75) is 44.1 Å². The van der Waals surface area contributed by atoms with Crippen molar-refractivity contribution >= 4 is 17.7 Å². The van der Waals surface area contributed by atoms with Gasteiger partial charge in [-0.1, -0.05) is 25.6 Å². The first-order chi connectivity index (χ1) is 14.5. The van der Waals surface area contributed by atoms with Crippen molar-refractivity contribution < 1.29 is 9.21 Å². The van der Waals surface area contributed by atoms with Gasteiger partial charge in [0.15, 0.2) is 11.0 Å². The van der Waals surface area contributed by atoms with Gasteiger partial charge >= 0.3 is 0 Å². The molecular formula is C22H27N5O2S. The van der Waals surface area contributed by atoms with Crippen molar-refractivity contribution in [3.63, 3.8) is 0 Å². The number of likely N-dealkylation sites (tertiary alicyclic amines) is 1. The van der Waals surface area contributed by atoms with Crippen LogP contribution >= 0.6 is 11.8 Å². The molecular weight excluding hydrogens is 398 g/mol. The van der Waals surface area contributed by atoms with Crippen LogP contribution in [0.1, 0.15) is 33.0 Å². The number of aromatic nitrogens is 4. The predicted molar refractivity (Wildman–Crippen MR) is 116 cm³/mol.